The molecule has 3 rings (SSSR count). The highest BCUT2D eigenvalue weighted by Crippen LogP contribution is 2.47. The van der Waals surface area contributed by atoms with Crippen LogP contribution in [0.3, 0.4) is 0 Å². The fourth-order valence-electron chi connectivity index (χ4n) is 3.70. The van der Waals surface area contributed by atoms with E-state index in [2.05, 4.69) is 22.1 Å². The lowest BCUT2D eigenvalue weighted by Crippen LogP contribution is -2.32. The third-order valence-corrected chi connectivity index (χ3v) is 4.74. The molecule has 1 aromatic heterocycles. The van der Waals surface area contributed by atoms with Gasteiger partial charge in [-0.15, -0.1) is 0 Å². The van der Waals surface area contributed by atoms with E-state index in [0.717, 1.165) is 23.9 Å². The van der Waals surface area contributed by atoms with Gasteiger partial charge in [-0.05, 0) is 49.1 Å². The number of carbonyl (C=O) groups excluding carboxylic acids is 1. The van der Waals surface area contributed by atoms with Gasteiger partial charge in [0.1, 0.15) is 5.69 Å². The normalized spacial score (nSPS) is 26.2. The van der Waals surface area contributed by atoms with E-state index in [4.69, 9.17) is 5.73 Å². The molecule has 0 spiro atoms. The molecule has 4 heteroatoms. The average Bonchev–Trinajstić information content (AvgIpc) is 3.14. The highest BCUT2D eigenvalue weighted by atomic mass is 16.1. The first-order valence-corrected chi connectivity index (χ1v) is 7.69. The molecule has 3 N–H and O–H groups in total. The summed E-state index contributed by atoms with van der Waals surface area (Å²) in [6, 6.07) is 3.53. The van der Waals surface area contributed by atoms with Crippen molar-refractivity contribution in [1.29, 1.82) is 0 Å². The zero-order chi connectivity index (χ0) is 14.7. The van der Waals surface area contributed by atoms with Crippen LogP contribution in [0.25, 0.3) is 0 Å². The third kappa shape index (κ3) is 3.25. The summed E-state index contributed by atoms with van der Waals surface area (Å²) in [4.78, 5) is 16.3. The second-order valence-electron chi connectivity index (χ2n) is 6.08. The number of aromatic nitrogens is 1. The summed E-state index contributed by atoms with van der Waals surface area (Å²) in [5, 5.41) is 3.03. The highest BCUT2D eigenvalue weighted by Gasteiger charge is 2.39. The van der Waals surface area contributed by atoms with Crippen LogP contribution in [0.2, 0.25) is 0 Å². The molecule has 1 heterocycles. The number of nitrogens with one attached hydrogen (secondary N) is 1. The molecule has 2 fully saturated rings. The molecule has 4 nitrogen and oxygen atoms in total. The van der Waals surface area contributed by atoms with Crippen molar-refractivity contribution in [3.8, 4) is 11.8 Å². The van der Waals surface area contributed by atoms with Crippen molar-refractivity contribution in [2.24, 2.45) is 23.5 Å². The number of carbonyl (C=O) groups is 1. The molecule has 1 aromatic rings. The van der Waals surface area contributed by atoms with Crippen LogP contribution >= 0.6 is 0 Å². The maximum Gasteiger partial charge on any atom is 0.269 e. The Morgan fingerprint density at radius 2 is 2.29 bits per heavy atom. The summed E-state index contributed by atoms with van der Waals surface area (Å²) in [6.45, 7) is 1.11. The zero-order valence-corrected chi connectivity index (χ0v) is 12.1. The van der Waals surface area contributed by atoms with Crippen molar-refractivity contribution in [1.82, 2.24) is 10.3 Å². The van der Waals surface area contributed by atoms with Gasteiger partial charge in [0.2, 0.25) is 0 Å². The first-order valence-electron chi connectivity index (χ1n) is 7.69. The summed E-state index contributed by atoms with van der Waals surface area (Å²) < 4.78 is 0. The van der Waals surface area contributed by atoms with Crippen LogP contribution in [-0.4, -0.2) is 24.0 Å². The summed E-state index contributed by atoms with van der Waals surface area (Å²) in [6.07, 6.45) is 7.01. The van der Waals surface area contributed by atoms with E-state index in [1.54, 1.807) is 12.3 Å². The Balaban J connectivity index is 1.53. The number of nitrogens with zero attached hydrogens (tertiary/aromatic N) is 1. The molecule has 0 saturated heterocycles. The second-order valence-corrected chi connectivity index (χ2v) is 6.08. The Hall–Kier alpha value is -1.86. The van der Waals surface area contributed by atoms with Gasteiger partial charge in [-0.25, -0.2) is 4.98 Å². The monoisotopic (exact) mass is 283 g/mol. The van der Waals surface area contributed by atoms with E-state index < -0.39 is 0 Å². The molecular formula is C17H21N3O. The van der Waals surface area contributed by atoms with E-state index in [1.165, 1.54) is 25.7 Å². The van der Waals surface area contributed by atoms with E-state index in [-0.39, 0.29) is 5.91 Å². The number of fused-ring (bicyclic) bond motifs is 2. The fourth-order valence-corrected chi connectivity index (χ4v) is 3.70. The molecule has 110 valence electrons. The number of rotatable bonds is 3. The van der Waals surface area contributed by atoms with Crippen LogP contribution in [0.4, 0.5) is 0 Å². The van der Waals surface area contributed by atoms with Gasteiger partial charge in [0.05, 0.1) is 6.54 Å². The molecule has 3 atom stereocenters. The van der Waals surface area contributed by atoms with Crippen molar-refractivity contribution < 1.29 is 4.79 Å². The molecular weight excluding hydrogens is 262 g/mol. The molecule has 0 aromatic carbocycles. The third-order valence-electron chi connectivity index (χ3n) is 4.74. The molecule has 2 aliphatic carbocycles. The lowest BCUT2D eigenvalue weighted by Gasteiger charge is -2.21. The number of hydrogen-bond acceptors (Lipinski definition) is 3. The van der Waals surface area contributed by atoms with Crippen LogP contribution in [0.1, 0.15) is 41.7 Å². The van der Waals surface area contributed by atoms with E-state index in [0.29, 0.717) is 18.2 Å². The van der Waals surface area contributed by atoms with E-state index in [9.17, 15) is 4.79 Å². The average molecular weight is 283 g/mol. The summed E-state index contributed by atoms with van der Waals surface area (Å²) >= 11 is 0. The molecule has 2 aliphatic rings. The maximum absolute atomic E-state index is 12.1. The Labute approximate surface area is 125 Å². The number of amides is 1. The van der Waals surface area contributed by atoms with Crippen molar-refractivity contribution in [3.63, 3.8) is 0 Å². The molecule has 1 amide bonds. The molecule has 21 heavy (non-hydrogen) atoms. The van der Waals surface area contributed by atoms with Crippen molar-refractivity contribution >= 4 is 5.91 Å². The van der Waals surface area contributed by atoms with Crippen molar-refractivity contribution in [2.75, 3.05) is 13.1 Å². The van der Waals surface area contributed by atoms with Gasteiger partial charge in [0.25, 0.3) is 5.91 Å². The Bertz CT molecular complexity index is 570. The van der Waals surface area contributed by atoms with Gasteiger partial charge in [-0.2, -0.15) is 0 Å². The van der Waals surface area contributed by atoms with Gasteiger partial charge in [0.15, 0.2) is 0 Å². The summed E-state index contributed by atoms with van der Waals surface area (Å²) in [5.41, 5.74) is 6.56. The number of nitrogens with two attached hydrogens (primary N) is 1. The molecule has 3 unspecified atom stereocenters. The van der Waals surface area contributed by atoms with Gasteiger partial charge in [-0.3, -0.25) is 4.79 Å². The molecule has 0 aliphatic heterocycles. The lowest BCUT2D eigenvalue weighted by molar-refractivity contribution is 0.0937. The lowest BCUT2D eigenvalue weighted by atomic mass is 9.89. The Morgan fingerprint density at radius 3 is 2.90 bits per heavy atom. The van der Waals surface area contributed by atoms with Gasteiger partial charge in [0, 0.05) is 18.3 Å². The van der Waals surface area contributed by atoms with E-state index >= 15 is 0 Å². The van der Waals surface area contributed by atoms with Crippen LogP contribution in [0, 0.1) is 29.6 Å². The summed E-state index contributed by atoms with van der Waals surface area (Å²) in [7, 11) is 0. The predicted octanol–water partition coefficient (Wildman–Crippen LogP) is 1.56. The highest BCUT2D eigenvalue weighted by molar-refractivity contribution is 5.92. The minimum absolute atomic E-state index is 0.0869. The van der Waals surface area contributed by atoms with Crippen LogP contribution in [-0.2, 0) is 0 Å². The molecule has 2 bridgehead atoms. The minimum Gasteiger partial charge on any atom is -0.350 e. The topological polar surface area (TPSA) is 68.0 Å². The van der Waals surface area contributed by atoms with Crippen LogP contribution in [0.15, 0.2) is 18.3 Å². The number of pyridine rings is 1. The summed E-state index contributed by atoms with van der Waals surface area (Å²) in [5.74, 6) is 7.99. The van der Waals surface area contributed by atoms with Gasteiger partial charge >= 0.3 is 0 Å². The van der Waals surface area contributed by atoms with Gasteiger partial charge < -0.3 is 11.1 Å². The first kappa shape index (κ1) is 14.1. The largest absolute Gasteiger partial charge is 0.350 e. The fraction of sp³-hybridized carbons (Fsp3) is 0.529. The minimum atomic E-state index is -0.0869. The maximum atomic E-state index is 12.1. The van der Waals surface area contributed by atoms with Crippen LogP contribution < -0.4 is 11.1 Å². The standard InChI is InChI=1S/C17H21N3O/c18-7-1-2-12-4-6-16(19-10-12)17(21)20-11-15-9-13-3-5-14(15)8-13/h4,6,10,13-15H,3,5,7-9,11,18H2,(H,20,21). The first-order chi connectivity index (χ1) is 10.3. The number of hydrogen-bond donors (Lipinski definition) is 2. The molecule has 0 radical (unpaired) electrons. The van der Waals surface area contributed by atoms with E-state index in [1.807, 2.05) is 6.07 Å². The second kappa shape index (κ2) is 6.28. The van der Waals surface area contributed by atoms with Crippen molar-refractivity contribution in [2.45, 2.75) is 25.7 Å². The smallest absolute Gasteiger partial charge is 0.269 e. The van der Waals surface area contributed by atoms with Crippen LogP contribution in [0.5, 0.6) is 0 Å². The Kier molecular flexibility index (Phi) is 4.21. The Morgan fingerprint density at radius 1 is 1.38 bits per heavy atom. The SMILES string of the molecule is NCC#Cc1ccc(C(=O)NCC2CC3CCC2C3)nc1. The van der Waals surface area contributed by atoms with Crippen molar-refractivity contribution in [3.05, 3.63) is 29.6 Å². The van der Waals surface area contributed by atoms with Gasteiger partial charge in [-0.1, -0.05) is 18.3 Å². The zero-order valence-electron chi connectivity index (χ0n) is 12.1. The molecule has 2 saturated carbocycles. The quantitative estimate of drug-likeness (QED) is 0.827. The predicted molar refractivity (Wildman–Crippen MR) is 81.4 cm³/mol.